The quantitative estimate of drug-likeness (QED) is 0.813. The van der Waals surface area contributed by atoms with Crippen molar-refractivity contribution in [1.82, 2.24) is 10.2 Å². The number of rotatable bonds is 4. The Labute approximate surface area is 116 Å². The van der Waals surface area contributed by atoms with Crippen LogP contribution in [0.3, 0.4) is 0 Å². The van der Waals surface area contributed by atoms with Crippen LogP contribution in [0.5, 0.6) is 0 Å². The lowest BCUT2D eigenvalue weighted by Gasteiger charge is -2.40. The van der Waals surface area contributed by atoms with Gasteiger partial charge in [-0.05, 0) is 39.2 Å². The van der Waals surface area contributed by atoms with Gasteiger partial charge in [-0.3, -0.25) is 9.69 Å². The molecule has 19 heavy (non-hydrogen) atoms. The maximum absolute atomic E-state index is 11.9. The maximum Gasteiger partial charge on any atom is 0.224 e. The number of nitrogens with one attached hydrogen (secondary N) is 1. The summed E-state index contributed by atoms with van der Waals surface area (Å²) < 4.78 is 0. The Balaban J connectivity index is 1.85. The van der Waals surface area contributed by atoms with Crippen LogP contribution in [0.15, 0.2) is 0 Å². The SMILES string of the molecule is CCNC(=O)C1CCCN(CC2(O)CCCCC2)C1. The molecular formula is C15H28N2O2. The van der Waals surface area contributed by atoms with Gasteiger partial charge in [-0.25, -0.2) is 0 Å². The van der Waals surface area contributed by atoms with E-state index in [2.05, 4.69) is 10.2 Å². The second-order valence-corrected chi connectivity index (χ2v) is 6.25. The van der Waals surface area contributed by atoms with E-state index in [0.29, 0.717) is 6.54 Å². The number of likely N-dealkylation sites (tertiary alicyclic amines) is 1. The van der Waals surface area contributed by atoms with Crippen molar-refractivity contribution >= 4 is 5.91 Å². The second-order valence-electron chi connectivity index (χ2n) is 6.25. The van der Waals surface area contributed by atoms with Gasteiger partial charge < -0.3 is 10.4 Å². The Hall–Kier alpha value is -0.610. The fraction of sp³-hybridized carbons (Fsp3) is 0.933. The van der Waals surface area contributed by atoms with Gasteiger partial charge in [0.2, 0.25) is 5.91 Å². The summed E-state index contributed by atoms with van der Waals surface area (Å²) in [5.74, 6) is 0.295. The minimum absolute atomic E-state index is 0.112. The number of carbonyl (C=O) groups is 1. The van der Waals surface area contributed by atoms with Crippen LogP contribution in [0, 0.1) is 5.92 Å². The van der Waals surface area contributed by atoms with E-state index < -0.39 is 5.60 Å². The van der Waals surface area contributed by atoms with Crippen LogP contribution in [0.25, 0.3) is 0 Å². The molecule has 1 aliphatic carbocycles. The Bertz CT molecular complexity index is 301. The van der Waals surface area contributed by atoms with E-state index in [1.54, 1.807) is 0 Å². The van der Waals surface area contributed by atoms with Crippen LogP contribution in [0.2, 0.25) is 0 Å². The Morgan fingerprint density at radius 3 is 2.74 bits per heavy atom. The highest BCUT2D eigenvalue weighted by molar-refractivity contribution is 5.78. The number of nitrogens with zero attached hydrogens (tertiary/aromatic N) is 1. The minimum Gasteiger partial charge on any atom is -0.389 e. The Morgan fingerprint density at radius 2 is 2.05 bits per heavy atom. The zero-order chi connectivity index (χ0) is 13.7. The lowest BCUT2D eigenvalue weighted by molar-refractivity contribution is -0.127. The first-order valence-corrected chi connectivity index (χ1v) is 7.85. The zero-order valence-electron chi connectivity index (χ0n) is 12.2. The summed E-state index contributed by atoms with van der Waals surface area (Å²) in [6.45, 7) is 5.26. The van der Waals surface area contributed by atoms with E-state index in [1.807, 2.05) is 6.92 Å². The molecule has 0 aromatic carbocycles. The van der Waals surface area contributed by atoms with Crippen molar-refractivity contribution in [2.24, 2.45) is 5.92 Å². The summed E-state index contributed by atoms with van der Waals surface area (Å²) >= 11 is 0. The van der Waals surface area contributed by atoms with E-state index in [0.717, 1.165) is 58.2 Å². The van der Waals surface area contributed by atoms with Crippen molar-refractivity contribution in [3.63, 3.8) is 0 Å². The second kappa shape index (κ2) is 6.71. The predicted molar refractivity (Wildman–Crippen MR) is 75.9 cm³/mol. The molecule has 110 valence electrons. The van der Waals surface area contributed by atoms with Gasteiger partial charge in [0.15, 0.2) is 0 Å². The molecule has 1 amide bonds. The third-order valence-corrected chi connectivity index (χ3v) is 4.53. The molecule has 0 bridgehead atoms. The molecule has 0 aromatic heterocycles. The zero-order valence-corrected chi connectivity index (χ0v) is 12.2. The van der Waals surface area contributed by atoms with Crippen LogP contribution in [0.4, 0.5) is 0 Å². The highest BCUT2D eigenvalue weighted by Crippen LogP contribution is 2.30. The Morgan fingerprint density at radius 1 is 1.32 bits per heavy atom. The molecule has 2 rings (SSSR count). The average Bonchev–Trinajstić information content (AvgIpc) is 2.39. The highest BCUT2D eigenvalue weighted by atomic mass is 16.3. The maximum atomic E-state index is 11.9. The van der Waals surface area contributed by atoms with Gasteiger partial charge >= 0.3 is 0 Å². The molecule has 1 aliphatic heterocycles. The summed E-state index contributed by atoms with van der Waals surface area (Å²) in [5, 5.41) is 13.5. The molecule has 0 spiro atoms. The molecule has 4 nitrogen and oxygen atoms in total. The summed E-state index contributed by atoms with van der Waals surface area (Å²) in [6.07, 6.45) is 7.45. The average molecular weight is 268 g/mol. The third kappa shape index (κ3) is 4.18. The van der Waals surface area contributed by atoms with Gasteiger partial charge in [0, 0.05) is 19.6 Å². The van der Waals surface area contributed by atoms with Crippen LogP contribution in [-0.4, -0.2) is 47.7 Å². The van der Waals surface area contributed by atoms with Crippen molar-refractivity contribution in [3.8, 4) is 0 Å². The largest absolute Gasteiger partial charge is 0.389 e. The van der Waals surface area contributed by atoms with Gasteiger partial charge in [0.05, 0.1) is 11.5 Å². The third-order valence-electron chi connectivity index (χ3n) is 4.53. The summed E-state index contributed by atoms with van der Waals surface area (Å²) in [7, 11) is 0. The monoisotopic (exact) mass is 268 g/mol. The van der Waals surface area contributed by atoms with Gasteiger partial charge in [0.1, 0.15) is 0 Å². The first kappa shape index (κ1) is 14.8. The lowest BCUT2D eigenvalue weighted by Crippen LogP contribution is -2.50. The predicted octanol–water partition coefficient (Wildman–Crippen LogP) is 1.53. The van der Waals surface area contributed by atoms with E-state index >= 15 is 0 Å². The van der Waals surface area contributed by atoms with Crippen LogP contribution < -0.4 is 5.32 Å². The summed E-state index contributed by atoms with van der Waals surface area (Å²) in [4.78, 5) is 14.2. The number of amides is 1. The topological polar surface area (TPSA) is 52.6 Å². The summed E-state index contributed by atoms with van der Waals surface area (Å²) in [6, 6.07) is 0. The summed E-state index contributed by atoms with van der Waals surface area (Å²) in [5.41, 5.74) is -0.499. The van der Waals surface area contributed by atoms with Gasteiger partial charge in [0.25, 0.3) is 0 Å². The molecule has 0 aromatic rings. The fourth-order valence-electron chi connectivity index (χ4n) is 3.52. The smallest absolute Gasteiger partial charge is 0.224 e. The molecule has 1 unspecified atom stereocenters. The number of hydrogen-bond donors (Lipinski definition) is 2. The van der Waals surface area contributed by atoms with Gasteiger partial charge in [-0.2, -0.15) is 0 Å². The normalized spacial score (nSPS) is 28.0. The van der Waals surface area contributed by atoms with E-state index in [4.69, 9.17) is 0 Å². The van der Waals surface area contributed by atoms with Crippen LogP contribution in [-0.2, 0) is 4.79 Å². The molecular weight excluding hydrogens is 240 g/mol. The van der Waals surface area contributed by atoms with Gasteiger partial charge in [-0.15, -0.1) is 0 Å². The molecule has 1 saturated heterocycles. The minimum atomic E-state index is -0.499. The molecule has 2 aliphatic rings. The molecule has 0 radical (unpaired) electrons. The standard InChI is InChI=1S/C15H28N2O2/c1-2-16-14(18)13-7-6-10-17(11-13)12-15(19)8-4-3-5-9-15/h13,19H,2-12H2,1H3,(H,16,18). The van der Waals surface area contributed by atoms with Crippen LogP contribution in [0.1, 0.15) is 51.9 Å². The van der Waals surface area contributed by atoms with Crippen molar-refractivity contribution in [1.29, 1.82) is 0 Å². The Kier molecular flexibility index (Phi) is 5.22. The van der Waals surface area contributed by atoms with Crippen molar-refractivity contribution in [2.75, 3.05) is 26.2 Å². The van der Waals surface area contributed by atoms with Crippen molar-refractivity contribution in [2.45, 2.75) is 57.5 Å². The molecule has 2 N–H and O–H groups in total. The first-order valence-electron chi connectivity index (χ1n) is 7.85. The number of aliphatic hydroxyl groups is 1. The number of hydrogen-bond acceptors (Lipinski definition) is 3. The molecule has 1 atom stereocenters. The van der Waals surface area contributed by atoms with E-state index in [1.165, 1.54) is 6.42 Å². The number of β-amino-alcohol motifs (C(OH)–C–C–N with tert-alkyl or cyclic N) is 1. The highest BCUT2D eigenvalue weighted by Gasteiger charge is 2.34. The molecule has 2 fully saturated rings. The van der Waals surface area contributed by atoms with Crippen LogP contribution >= 0.6 is 0 Å². The lowest BCUT2D eigenvalue weighted by atomic mass is 9.83. The first-order chi connectivity index (χ1) is 9.13. The molecule has 1 heterocycles. The fourth-order valence-corrected chi connectivity index (χ4v) is 3.52. The van der Waals surface area contributed by atoms with Crippen molar-refractivity contribution in [3.05, 3.63) is 0 Å². The number of piperidine rings is 1. The molecule has 1 saturated carbocycles. The van der Waals surface area contributed by atoms with E-state index in [9.17, 15) is 9.90 Å². The van der Waals surface area contributed by atoms with Crippen molar-refractivity contribution < 1.29 is 9.90 Å². The van der Waals surface area contributed by atoms with E-state index in [-0.39, 0.29) is 11.8 Å². The van der Waals surface area contributed by atoms with Gasteiger partial charge in [-0.1, -0.05) is 19.3 Å². The number of carbonyl (C=O) groups excluding carboxylic acids is 1. The molecule has 4 heteroatoms.